The van der Waals surface area contributed by atoms with Crippen molar-refractivity contribution in [3.8, 4) is 10.8 Å². The van der Waals surface area contributed by atoms with E-state index in [1.165, 1.54) is 31.2 Å². The first kappa shape index (κ1) is 16.1. The molecule has 0 amide bonds. The molecule has 0 fully saturated rings. The van der Waals surface area contributed by atoms with Gasteiger partial charge in [0, 0.05) is 17.9 Å². The molecule has 0 atom stereocenters. The van der Waals surface area contributed by atoms with Crippen molar-refractivity contribution in [2.45, 2.75) is 11.1 Å². The molecule has 1 aromatic heterocycles. The third-order valence-corrected chi connectivity index (χ3v) is 5.49. The Morgan fingerprint density at radius 1 is 1.27 bits per heavy atom. The van der Waals surface area contributed by atoms with Gasteiger partial charge < -0.3 is 4.74 Å². The van der Waals surface area contributed by atoms with Gasteiger partial charge in [-0.3, -0.25) is 14.9 Å². The number of ether oxygens (including phenoxy) is 1. The van der Waals surface area contributed by atoms with E-state index < -0.39 is 20.4 Å². The summed E-state index contributed by atoms with van der Waals surface area (Å²) in [4.78, 5) is 21.5. The second kappa shape index (κ2) is 5.85. The number of thiophene rings is 1. The molecule has 0 saturated carbocycles. The fourth-order valence-corrected chi connectivity index (χ4v) is 3.48. The van der Waals surface area contributed by atoms with Gasteiger partial charge in [0.2, 0.25) is 0 Å². The van der Waals surface area contributed by atoms with Crippen molar-refractivity contribution in [1.82, 2.24) is 0 Å². The lowest BCUT2D eigenvalue weighted by Crippen LogP contribution is -1.93. The van der Waals surface area contributed by atoms with Gasteiger partial charge in [0.1, 0.15) is 9.96 Å². The highest BCUT2D eigenvalue weighted by Gasteiger charge is 2.25. The molecule has 0 unspecified atom stereocenters. The maximum Gasteiger partial charge on any atom is 0.324 e. The highest BCUT2D eigenvalue weighted by Crippen LogP contribution is 2.41. The van der Waals surface area contributed by atoms with Crippen molar-refractivity contribution in [3.63, 3.8) is 0 Å². The average Bonchev–Trinajstić information content (AvgIpc) is 2.83. The lowest BCUT2D eigenvalue weighted by atomic mass is 10.1. The van der Waals surface area contributed by atoms with Crippen molar-refractivity contribution in [1.29, 1.82) is 0 Å². The molecule has 0 bridgehead atoms. The van der Waals surface area contributed by atoms with Crippen LogP contribution in [0.2, 0.25) is 0 Å². The number of sulfone groups is 1. The number of hydrogen-bond acceptors (Lipinski definition) is 7. The molecule has 0 N–H and O–H groups in total. The number of Topliss-reactive ketones (excluding diaryl/α,β-unsaturated/α-hetero) is 1. The van der Waals surface area contributed by atoms with E-state index in [-0.39, 0.29) is 20.8 Å². The van der Waals surface area contributed by atoms with Crippen molar-refractivity contribution >= 4 is 32.6 Å². The van der Waals surface area contributed by atoms with Crippen molar-refractivity contribution < 1.29 is 22.9 Å². The first-order valence-corrected chi connectivity index (χ1v) is 8.66. The molecular weight excluding hydrogens is 330 g/mol. The predicted molar refractivity (Wildman–Crippen MR) is 80.6 cm³/mol. The predicted octanol–water partition coefficient (Wildman–Crippen LogP) is 3.05. The van der Waals surface area contributed by atoms with Gasteiger partial charge in [-0.05, 0) is 31.2 Å². The minimum atomic E-state index is -3.56. The first-order chi connectivity index (χ1) is 10.2. The quantitative estimate of drug-likeness (QED) is 0.470. The maximum absolute atomic E-state index is 11.5. The molecule has 0 radical (unpaired) electrons. The molecule has 22 heavy (non-hydrogen) atoms. The van der Waals surface area contributed by atoms with E-state index in [0.717, 1.165) is 12.3 Å². The summed E-state index contributed by atoms with van der Waals surface area (Å²) in [6.45, 7) is 1.42. The number of nitro groups is 1. The lowest BCUT2D eigenvalue weighted by molar-refractivity contribution is -0.385. The van der Waals surface area contributed by atoms with E-state index in [0.29, 0.717) is 16.9 Å². The molecule has 2 aromatic rings. The zero-order chi connectivity index (χ0) is 16.5. The van der Waals surface area contributed by atoms with Gasteiger partial charge in [-0.2, -0.15) is 0 Å². The standard InChI is InChI=1S/C13H11NO6S2/c1-8(15)9-3-5-10(6-4-9)20-13-11(14(16)17)7-12(21-13)22(2,18)19/h3-7H,1-2H3. The number of rotatable bonds is 5. The lowest BCUT2D eigenvalue weighted by Gasteiger charge is -2.03. The smallest absolute Gasteiger partial charge is 0.324 e. The topological polar surface area (TPSA) is 104 Å². The van der Waals surface area contributed by atoms with Crippen LogP contribution in [0.1, 0.15) is 17.3 Å². The Hall–Kier alpha value is -2.26. The van der Waals surface area contributed by atoms with Crippen LogP contribution in [0.5, 0.6) is 10.8 Å². The van der Waals surface area contributed by atoms with Gasteiger partial charge >= 0.3 is 5.69 Å². The van der Waals surface area contributed by atoms with Gasteiger partial charge in [0.25, 0.3) is 5.06 Å². The number of carbonyl (C=O) groups excluding carboxylic acids is 1. The average molecular weight is 341 g/mol. The first-order valence-electron chi connectivity index (χ1n) is 5.95. The molecule has 2 rings (SSSR count). The van der Waals surface area contributed by atoms with Crippen LogP contribution in [-0.2, 0) is 9.84 Å². The zero-order valence-electron chi connectivity index (χ0n) is 11.6. The molecule has 116 valence electrons. The largest absolute Gasteiger partial charge is 0.440 e. The van der Waals surface area contributed by atoms with E-state index >= 15 is 0 Å². The molecule has 1 aromatic carbocycles. The Labute approximate surface area is 130 Å². The normalized spacial score (nSPS) is 11.2. The van der Waals surface area contributed by atoms with Gasteiger partial charge in [-0.25, -0.2) is 8.42 Å². The number of benzene rings is 1. The van der Waals surface area contributed by atoms with Gasteiger partial charge in [-0.15, -0.1) is 0 Å². The monoisotopic (exact) mass is 341 g/mol. The summed E-state index contributed by atoms with van der Waals surface area (Å²) in [5.74, 6) is 0.156. The molecule has 0 aliphatic heterocycles. The Morgan fingerprint density at radius 2 is 1.86 bits per heavy atom. The number of ketones is 1. The molecule has 7 nitrogen and oxygen atoms in total. The minimum absolute atomic E-state index is 0.118. The van der Waals surface area contributed by atoms with Crippen molar-refractivity contribution in [2.24, 2.45) is 0 Å². The van der Waals surface area contributed by atoms with Crippen molar-refractivity contribution in [2.75, 3.05) is 6.26 Å². The third-order valence-electron chi connectivity index (χ3n) is 2.69. The number of hydrogen-bond donors (Lipinski definition) is 0. The molecule has 1 heterocycles. The fourth-order valence-electron chi connectivity index (χ4n) is 1.59. The van der Waals surface area contributed by atoms with Crippen LogP contribution in [0.3, 0.4) is 0 Å². The van der Waals surface area contributed by atoms with Crippen LogP contribution < -0.4 is 4.74 Å². The summed E-state index contributed by atoms with van der Waals surface area (Å²) in [6, 6.07) is 6.99. The summed E-state index contributed by atoms with van der Waals surface area (Å²) in [5, 5.41) is 10.9. The zero-order valence-corrected chi connectivity index (χ0v) is 13.2. The van der Waals surface area contributed by atoms with Crippen LogP contribution >= 0.6 is 11.3 Å². The van der Waals surface area contributed by atoms with Crippen LogP contribution in [0.4, 0.5) is 5.69 Å². The van der Waals surface area contributed by atoms with Gasteiger partial charge in [0.15, 0.2) is 15.6 Å². The molecular formula is C13H11NO6S2. The second-order valence-corrected chi connectivity index (χ2v) is 7.71. The highest BCUT2D eigenvalue weighted by molar-refractivity contribution is 7.92. The number of carbonyl (C=O) groups is 1. The third kappa shape index (κ3) is 3.49. The van der Waals surface area contributed by atoms with Crippen LogP contribution in [0.15, 0.2) is 34.5 Å². The Bertz CT molecular complexity index is 836. The molecule has 0 saturated heterocycles. The Morgan fingerprint density at radius 3 is 2.32 bits per heavy atom. The second-order valence-electron chi connectivity index (χ2n) is 4.45. The molecule has 0 spiro atoms. The van der Waals surface area contributed by atoms with E-state index in [2.05, 4.69) is 0 Å². The van der Waals surface area contributed by atoms with Crippen LogP contribution in [0, 0.1) is 10.1 Å². The maximum atomic E-state index is 11.5. The molecule has 9 heteroatoms. The summed E-state index contributed by atoms with van der Waals surface area (Å²) in [6.07, 6.45) is 0.966. The number of nitrogens with zero attached hydrogens (tertiary/aromatic N) is 1. The summed E-state index contributed by atoms with van der Waals surface area (Å²) < 4.78 is 28.2. The van der Waals surface area contributed by atoms with Gasteiger partial charge in [-0.1, -0.05) is 11.3 Å². The minimum Gasteiger partial charge on any atom is -0.440 e. The Balaban J connectivity index is 2.38. The molecule has 0 aliphatic rings. The SMILES string of the molecule is CC(=O)c1ccc(Oc2sc(S(C)(=O)=O)cc2[N+](=O)[O-])cc1. The van der Waals surface area contributed by atoms with E-state index in [4.69, 9.17) is 4.74 Å². The van der Waals surface area contributed by atoms with Gasteiger partial charge in [0.05, 0.1) is 4.92 Å². The van der Waals surface area contributed by atoms with Crippen LogP contribution in [0.25, 0.3) is 0 Å². The van der Waals surface area contributed by atoms with E-state index in [1.807, 2.05) is 0 Å². The summed E-state index contributed by atoms with van der Waals surface area (Å²) >= 11 is 0.681. The van der Waals surface area contributed by atoms with E-state index in [1.54, 1.807) is 0 Å². The fraction of sp³-hybridized carbons (Fsp3) is 0.154. The summed E-state index contributed by atoms with van der Waals surface area (Å²) in [5.41, 5.74) is 0.0610. The van der Waals surface area contributed by atoms with E-state index in [9.17, 15) is 23.3 Å². The van der Waals surface area contributed by atoms with Crippen molar-refractivity contribution in [3.05, 3.63) is 46.0 Å². The molecule has 0 aliphatic carbocycles. The summed E-state index contributed by atoms with van der Waals surface area (Å²) in [7, 11) is -3.56. The highest BCUT2D eigenvalue weighted by atomic mass is 32.2. The van der Waals surface area contributed by atoms with Crippen LogP contribution in [-0.4, -0.2) is 25.4 Å². The Kier molecular flexibility index (Phi) is 4.29.